The number of esters is 1. The highest BCUT2D eigenvalue weighted by Crippen LogP contribution is 2.16. The van der Waals surface area contributed by atoms with Gasteiger partial charge in [-0.15, -0.1) is 0 Å². The second-order valence-electron chi connectivity index (χ2n) is 15.2. The molecule has 0 radical (unpaired) electrons. The summed E-state index contributed by atoms with van der Waals surface area (Å²) in [5, 5.41) is 23.6. The van der Waals surface area contributed by atoms with Crippen LogP contribution in [0.3, 0.4) is 0 Å². The maximum absolute atomic E-state index is 13.1. The maximum Gasteiger partial charge on any atom is 0.306 e. The van der Waals surface area contributed by atoms with Crippen LogP contribution < -0.4 is 5.32 Å². The third-order valence-electron chi connectivity index (χ3n) is 9.76. The predicted octanol–water partition coefficient (Wildman–Crippen LogP) is 13.6. The summed E-state index contributed by atoms with van der Waals surface area (Å²) in [5.74, 6) is -0.590. The summed E-state index contributed by atoms with van der Waals surface area (Å²) in [6.07, 6.45) is 60.0. The molecular weight excluding hydrogens is 719 g/mol. The third-order valence-corrected chi connectivity index (χ3v) is 9.76. The van der Waals surface area contributed by atoms with Crippen molar-refractivity contribution in [3.05, 3.63) is 109 Å². The van der Waals surface area contributed by atoms with Crippen molar-refractivity contribution in [2.24, 2.45) is 0 Å². The fraction of sp³-hybridized carbons (Fsp3) is 0.615. The van der Waals surface area contributed by atoms with Crippen molar-refractivity contribution in [3.63, 3.8) is 0 Å². The molecule has 0 saturated heterocycles. The topological polar surface area (TPSA) is 95.9 Å². The highest BCUT2D eigenvalue weighted by Gasteiger charge is 2.24. The molecule has 6 nitrogen and oxygen atoms in total. The summed E-state index contributed by atoms with van der Waals surface area (Å²) in [4.78, 5) is 26.0. The zero-order valence-electron chi connectivity index (χ0n) is 37.1. The Kier molecular flexibility index (Phi) is 41.9. The summed E-state index contributed by atoms with van der Waals surface area (Å²) >= 11 is 0. The van der Waals surface area contributed by atoms with Gasteiger partial charge in [0.15, 0.2) is 0 Å². The molecule has 0 aliphatic rings. The first kappa shape index (κ1) is 54.5. The fourth-order valence-corrected chi connectivity index (χ4v) is 6.30. The van der Waals surface area contributed by atoms with E-state index in [2.05, 4.69) is 74.7 Å². The van der Waals surface area contributed by atoms with Crippen molar-refractivity contribution in [1.82, 2.24) is 5.32 Å². The minimum Gasteiger partial charge on any atom is -0.462 e. The molecule has 58 heavy (non-hydrogen) atoms. The van der Waals surface area contributed by atoms with E-state index in [0.29, 0.717) is 19.3 Å². The van der Waals surface area contributed by atoms with Gasteiger partial charge in [-0.3, -0.25) is 9.59 Å². The minimum atomic E-state index is -0.817. The van der Waals surface area contributed by atoms with Gasteiger partial charge in [-0.1, -0.05) is 207 Å². The highest BCUT2D eigenvalue weighted by molar-refractivity contribution is 5.77. The summed E-state index contributed by atoms with van der Waals surface area (Å²) in [6.45, 7) is 6.16. The monoisotopic (exact) mass is 804 g/mol. The average molecular weight is 804 g/mol. The molecule has 1 amide bonds. The van der Waals surface area contributed by atoms with Crippen molar-refractivity contribution < 1.29 is 24.5 Å². The van der Waals surface area contributed by atoms with Gasteiger partial charge in [0.05, 0.1) is 25.2 Å². The van der Waals surface area contributed by atoms with Crippen LogP contribution in [-0.4, -0.2) is 46.9 Å². The van der Waals surface area contributed by atoms with E-state index >= 15 is 0 Å². The Balaban J connectivity index is 4.84. The molecule has 0 aliphatic heterocycles. The van der Waals surface area contributed by atoms with Crippen LogP contribution in [0.25, 0.3) is 0 Å². The zero-order chi connectivity index (χ0) is 42.4. The molecule has 0 spiro atoms. The Hall–Kier alpha value is -3.48. The smallest absolute Gasteiger partial charge is 0.306 e. The molecule has 0 aromatic heterocycles. The first-order valence-corrected chi connectivity index (χ1v) is 23.2. The Morgan fingerprint density at radius 3 is 1.64 bits per heavy atom. The van der Waals surface area contributed by atoms with E-state index in [1.807, 2.05) is 60.8 Å². The van der Waals surface area contributed by atoms with Crippen LogP contribution in [0.5, 0.6) is 0 Å². The SMILES string of the molecule is CC\C=C/C=C/C=C/C=C\C=C\C=C\CCCC(CC(=O)NC(CO)C(O)CCCCCCCCCCCC)OC(=O)CCCCCC/C=C/C/C=C/C/C=C/CC. The zero-order valence-corrected chi connectivity index (χ0v) is 37.1. The van der Waals surface area contributed by atoms with Gasteiger partial charge in [0.1, 0.15) is 6.10 Å². The van der Waals surface area contributed by atoms with E-state index in [-0.39, 0.29) is 24.9 Å². The second-order valence-corrected chi connectivity index (χ2v) is 15.2. The Morgan fingerprint density at radius 2 is 1.03 bits per heavy atom. The van der Waals surface area contributed by atoms with E-state index in [0.717, 1.165) is 89.9 Å². The molecule has 0 rings (SSSR count). The van der Waals surface area contributed by atoms with Crippen LogP contribution in [0.15, 0.2) is 109 Å². The van der Waals surface area contributed by atoms with Gasteiger partial charge in [0, 0.05) is 6.42 Å². The number of rotatable bonds is 39. The van der Waals surface area contributed by atoms with Crippen molar-refractivity contribution in [2.45, 2.75) is 200 Å². The summed E-state index contributed by atoms with van der Waals surface area (Å²) in [6, 6.07) is -0.736. The second kappa shape index (κ2) is 44.6. The number of hydrogen-bond acceptors (Lipinski definition) is 5. The normalized spacial score (nSPS) is 14.4. The van der Waals surface area contributed by atoms with Gasteiger partial charge in [-0.2, -0.15) is 0 Å². The molecule has 0 aromatic rings. The molecule has 0 fully saturated rings. The lowest BCUT2D eigenvalue weighted by Gasteiger charge is -2.24. The van der Waals surface area contributed by atoms with Crippen LogP contribution in [0, 0.1) is 0 Å². The Morgan fingerprint density at radius 1 is 0.534 bits per heavy atom. The Labute approximate surface area is 356 Å². The van der Waals surface area contributed by atoms with Crippen LogP contribution >= 0.6 is 0 Å². The number of aliphatic hydroxyl groups excluding tert-OH is 2. The molecule has 0 aromatic carbocycles. The largest absolute Gasteiger partial charge is 0.462 e. The number of ether oxygens (including phenoxy) is 1. The van der Waals surface area contributed by atoms with Gasteiger partial charge in [0.2, 0.25) is 5.91 Å². The van der Waals surface area contributed by atoms with E-state index in [1.165, 1.54) is 44.9 Å². The van der Waals surface area contributed by atoms with Crippen LogP contribution in [0.2, 0.25) is 0 Å². The maximum atomic E-state index is 13.1. The average Bonchev–Trinajstić information content (AvgIpc) is 3.22. The van der Waals surface area contributed by atoms with Crippen molar-refractivity contribution in [1.29, 1.82) is 0 Å². The first-order chi connectivity index (χ1) is 28.5. The Bertz CT molecular complexity index is 1220. The first-order valence-electron chi connectivity index (χ1n) is 23.2. The highest BCUT2D eigenvalue weighted by atomic mass is 16.5. The number of allylic oxidation sites excluding steroid dienone is 18. The van der Waals surface area contributed by atoms with Gasteiger partial charge >= 0.3 is 5.97 Å². The standard InChI is InChI=1S/C52H85NO5/c1-4-7-10-13-16-19-22-24-26-27-29-31-34-37-40-43-48(58-52(57)45-42-39-36-33-30-28-25-23-20-17-14-11-8-5-2)46-51(56)53-49(47-54)50(55)44-41-38-35-32-21-18-15-12-9-6-3/h7-8,10-11,13,16-17,19-20,22,24-29,31,34,48-50,54-55H,4-6,9,12,14-15,18,21,23,30,32-33,35-47H2,1-3H3,(H,53,56)/b10-7-,11-8+,16-13+,20-17+,22-19+,26-24-,28-25+,29-27+,34-31+. The molecule has 6 heteroatoms. The van der Waals surface area contributed by atoms with Gasteiger partial charge < -0.3 is 20.3 Å². The minimum absolute atomic E-state index is 0.0101. The van der Waals surface area contributed by atoms with E-state index in [9.17, 15) is 19.8 Å². The van der Waals surface area contributed by atoms with Crippen molar-refractivity contribution in [2.75, 3.05) is 6.61 Å². The van der Waals surface area contributed by atoms with Crippen LogP contribution in [0.4, 0.5) is 0 Å². The molecular formula is C52H85NO5. The van der Waals surface area contributed by atoms with Gasteiger partial charge in [-0.25, -0.2) is 0 Å². The van der Waals surface area contributed by atoms with Crippen molar-refractivity contribution >= 4 is 11.9 Å². The molecule has 0 bridgehead atoms. The van der Waals surface area contributed by atoms with Crippen LogP contribution in [0.1, 0.15) is 181 Å². The molecule has 3 N–H and O–H groups in total. The lowest BCUT2D eigenvalue weighted by Crippen LogP contribution is -2.46. The molecule has 0 aliphatic carbocycles. The molecule has 3 unspecified atom stereocenters. The summed E-state index contributed by atoms with van der Waals surface area (Å²) in [5.41, 5.74) is 0. The number of aliphatic hydroxyl groups is 2. The van der Waals surface area contributed by atoms with E-state index in [1.54, 1.807) is 0 Å². The number of nitrogens with one attached hydrogen (secondary N) is 1. The lowest BCUT2D eigenvalue weighted by atomic mass is 10.0. The molecule has 0 heterocycles. The predicted molar refractivity (Wildman–Crippen MR) is 250 cm³/mol. The molecule has 328 valence electrons. The number of unbranched alkanes of at least 4 members (excludes halogenated alkanes) is 14. The summed E-state index contributed by atoms with van der Waals surface area (Å²) in [7, 11) is 0. The molecule has 0 saturated carbocycles. The number of carbonyl (C=O) groups excluding carboxylic acids is 2. The van der Waals surface area contributed by atoms with Gasteiger partial charge in [-0.05, 0) is 70.6 Å². The third kappa shape index (κ3) is 39.4. The number of carbonyl (C=O) groups is 2. The van der Waals surface area contributed by atoms with E-state index in [4.69, 9.17) is 4.74 Å². The van der Waals surface area contributed by atoms with Crippen LogP contribution in [-0.2, 0) is 14.3 Å². The molecule has 3 atom stereocenters. The lowest BCUT2D eigenvalue weighted by molar-refractivity contribution is -0.151. The van der Waals surface area contributed by atoms with Gasteiger partial charge in [0.25, 0.3) is 0 Å². The van der Waals surface area contributed by atoms with E-state index < -0.39 is 18.2 Å². The number of hydrogen-bond donors (Lipinski definition) is 3. The number of amides is 1. The van der Waals surface area contributed by atoms with Crippen molar-refractivity contribution in [3.8, 4) is 0 Å². The quantitative estimate of drug-likeness (QED) is 0.0249. The summed E-state index contributed by atoms with van der Waals surface area (Å²) < 4.78 is 5.86. The fourth-order valence-electron chi connectivity index (χ4n) is 6.30.